The summed E-state index contributed by atoms with van der Waals surface area (Å²) < 4.78 is 10.9. The molecule has 1 aromatic rings. The molecule has 0 amide bonds. The molecule has 0 saturated carbocycles. The molecule has 0 spiro atoms. The van der Waals surface area contributed by atoms with Crippen molar-refractivity contribution in [3.05, 3.63) is 12.0 Å². The molecule has 5 heteroatoms. The van der Waals surface area contributed by atoms with Crippen molar-refractivity contribution in [2.75, 3.05) is 25.1 Å². The van der Waals surface area contributed by atoms with Crippen LogP contribution in [0.1, 0.15) is 25.5 Å². The van der Waals surface area contributed by atoms with Crippen LogP contribution in [-0.2, 0) is 11.3 Å². The summed E-state index contributed by atoms with van der Waals surface area (Å²) in [5.41, 5.74) is 6.20. The predicted molar refractivity (Wildman–Crippen MR) is 61.3 cm³/mol. The second kappa shape index (κ2) is 4.43. The van der Waals surface area contributed by atoms with Crippen LogP contribution in [0.5, 0.6) is 0 Å². The molecular formula is C11H19N3O2. The summed E-state index contributed by atoms with van der Waals surface area (Å²) in [7, 11) is 1.75. The Kier molecular flexibility index (Phi) is 3.16. The third-order valence-electron chi connectivity index (χ3n) is 3.17. The average molecular weight is 225 g/mol. The van der Waals surface area contributed by atoms with Crippen LogP contribution < -0.4 is 10.6 Å². The van der Waals surface area contributed by atoms with E-state index in [9.17, 15) is 0 Å². The van der Waals surface area contributed by atoms with Crippen molar-refractivity contribution in [3.63, 3.8) is 0 Å². The van der Waals surface area contributed by atoms with Crippen molar-refractivity contribution in [1.82, 2.24) is 4.98 Å². The molecule has 1 saturated heterocycles. The lowest BCUT2D eigenvalue weighted by Crippen LogP contribution is -2.47. The summed E-state index contributed by atoms with van der Waals surface area (Å²) in [6, 6.07) is 0.656. The van der Waals surface area contributed by atoms with Gasteiger partial charge in [-0.1, -0.05) is 0 Å². The molecule has 0 radical (unpaired) electrons. The van der Waals surface area contributed by atoms with Crippen molar-refractivity contribution < 1.29 is 9.15 Å². The SMILES string of the molecule is COC1(C)CCCN(c2nc(CN)co2)C1. The molecule has 1 aliphatic rings. The zero-order valence-electron chi connectivity index (χ0n) is 9.90. The van der Waals surface area contributed by atoms with E-state index in [1.807, 2.05) is 0 Å². The second-order valence-electron chi connectivity index (χ2n) is 4.50. The lowest BCUT2D eigenvalue weighted by Gasteiger charge is -2.38. The van der Waals surface area contributed by atoms with Gasteiger partial charge in [0.25, 0.3) is 6.01 Å². The minimum absolute atomic E-state index is 0.102. The van der Waals surface area contributed by atoms with E-state index in [1.54, 1.807) is 13.4 Å². The van der Waals surface area contributed by atoms with Crippen molar-refractivity contribution in [3.8, 4) is 0 Å². The molecule has 0 aliphatic carbocycles. The van der Waals surface area contributed by atoms with Gasteiger partial charge in [0.05, 0.1) is 17.8 Å². The number of nitrogens with zero attached hydrogens (tertiary/aromatic N) is 2. The predicted octanol–water partition coefficient (Wildman–Crippen LogP) is 1.14. The number of rotatable bonds is 3. The molecule has 90 valence electrons. The van der Waals surface area contributed by atoms with Crippen LogP contribution in [0, 0.1) is 0 Å². The zero-order chi connectivity index (χ0) is 11.6. The molecule has 1 aromatic heterocycles. The first-order valence-corrected chi connectivity index (χ1v) is 5.61. The van der Waals surface area contributed by atoms with Gasteiger partial charge in [0.1, 0.15) is 6.26 Å². The van der Waals surface area contributed by atoms with Crippen LogP contribution in [0.3, 0.4) is 0 Å². The number of ether oxygens (including phenoxy) is 1. The number of anilines is 1. The van der Waals surface area contributed by atoms with Gasteiger partial charge in [-0.2, -0.15) is 4.98 Å². The first kappa shape index (κ1) is 11.4. The van der Waals surface area contributed by atoms with Gasteiger partial charge in [0, 0.05) is 20.2 Å². The molecule has 16 heavy (non-hydrogen) atoms. The third-order valence-corrected chi connectivity index (χ3v) is 3.17. The van der Waals surface area contributed by atoms with Crippen LogP contribution in [0.15, 0.2) is 10.7 Å². The smallest absolute Gasteiger partial charge is 0.297 e. The molecule has 2 N–H and O–H groups in total. The van der Waals surface area contributed by atoms with Crippen LogP contribution in [0.25, 0.3) is 0 Å². The lowest BCUT2D eigenvalue weighted by atomic mass is 9.95. The summed E-state index contributed by atoms with van der Waals surface area (Å²) in [5, 5.41) is 0. The molecular weight excluding hydrogens is 206 g/mol. The Labute approximate surface area is 95.6 Å². The molecule has 2 rings (SSSR count). The van der Waals surface area contributed by atoms with Gasteiger partial charge in [-0.15, -0.1) is 0 Å². The fourth-order valence-electron chi connectivity index (χ4n) is 2.07. The highest BCUT2D eigenvalue weighted by Crippen LogP contribution is 2.27. The van der Waals surface area contributed by atoms with Gasteiger partial charge in [0.15, 0.2) is 0 Å². The van der Waals surface area contributed by atoms with Crippen LogP contribution in [0.2, 0.25) is 0 Å². The molecule has 1 unspecified atom stereocenters. The highest BCUT2D eigenvalue weighted by atomic mass is 16.5. The Balaban J connectivity index is 2.09. The van der Waals surface area contributed by atoms with E-state index in [4.69, 9.17) is 14.9 Å². The number of hydrogen-bond donors (Lipinski definition) is 1. The summed E-state index contributed by atoms with van der Waals surface area (Å²) in [4.78, 5) is 6.45. The Hall–Kier alpha value is -1.07. The summed E-state index contributed by atoms with van der Waals surface area (Å²) >= 11 is 0. The van der Waals surface area contributed by atoms with E-state index < -0.39 is 0 Å². The maximum absolute atomic E-state index is 5.53. The van der Waals surface area contributed by atoms with Crippen molar-refractivity contribution >= 4 is 6.01 Å². The summed E-state index contributed by atoms with van der Waals surface area (Å²) in [5.74, 6) is 0. The number of aromatic nitrogens is 1. The highest BCUT2D eigenvalue weighted by molar-refractivity contribution is 5.29. The zero-order valence-corrected chi connectivity index (χ0v) is 9.90. The highest BCUT2D eigenvalue weighted by Gasteiger charge is 2.32. The quantitative estimate of drug-likeness (QED) is 0.835. The largest absolute Gasteiger partial charge is 0.432 e. The minimum Gasteiger partial charge on any atom is -0.432 e. The minimum atomic E-state index is -0.102. The lowest BCUT2D eigenvalue weighted by molar-refractivity contribution is -0.00564. The van der Waals surface area contributed by atoms with Crippen molar-refractivity contribution in [1.29, 1.82) is 0 Å². The molecule has 0 bridgehead atoms. The van der Waals surface area contributed by atoms with Crippen LogP contribution in [-0.4, -0.2) is 30.8 Å². The number of piperidine rings is 1. The second-order valence-corrected chi connectivity index (χ2v) is 4.50. The molecule has 0 aromatic carbocycles. The topological polar surface area (TPSA) is 64.5 Å². The molecule has 1 atom stereocenters. The van der Waals surface area contributed by atoms with Gasteiger partial charge >= 0.3 is 0 Å². The fraction of sp³-hybridized carbons (Fsp3) is 0.727. The van der Waals surface area contributed by atoms with Gasteiger partial charge < -0.3 is 19.8 Å². The van der Waals surface area contributed by atoms with E-state index in [0.29, 0.717) is 12.6 Å². The van der Waals surface area contributed by atoms with E-state index in [2.05, 4.69) is 16.8 Å². The third kappa shape index (κ3) is 2.20. The monoisotopic (exact) mass is 225 g/mol. The van der Waals surface area contributed by atoms with E-state index >= 15 is 0 Å². The van der Waals surface area contributed by atoms with Gasteiger partial charge in [-0.05, 0) is 19.8 Å². The van der Waals surface area contributed by atoms with Crippen molar-refractivity contribution in [2.24, 2.45) is 5.73 Å². The van der Waals surface area contributed by atoms with Crippen molar-refractivity contribution in [2.45, 2.75) is 31.9 Å². The Morgan fingerprint density at radius 1 is 1.69 bits per heavy atom. The van der Waals surface area contributed by atoms with Gasteiger partial charge in [-0.3, -0.25) is 0 Å². The summed E-state index contributed by atoms with van der Waals surface area (Å²) in [6.45, 7) is 4.31. The van der Waals surface area contributed by atoms with E-state index in [0.717, 1.165) is 31.6 Å². The number of hydrogen-bond acceptors (Lipinski definition) is 5. The van der Waals surface area contributed by atoms with Gasteiger partial charge in [-0.25, -0.2) is 0 Å². The maximum atomic E-state index is 5.53. The number of methoxy groups -OCH3 is 1. The normalized spacial score (nSPS) is 26.1. The molecule has 1 fully saturated rings. The number of oxazole rings is 1. The first-order valence-electron chi connectivity index (χ1n) is 5.61. The molecule has 5 nitrogen and oxygen atoms in total. The van der Waals surface area contributed by atoms with E-state index in [-0.39, 0.29) is 5.60 Å². The van der Waals surface area contributed by atoms with Crippen LogP contribution in [0.4, 0.5) is 6.01 Å². The summed E-state index contributed by atoms with van der Waals surface area (Å²) in [6.07, 6.45) is 3.78. The molecule has 2 heterocycles. The molecule has 1 aliphatic heterocycles. The standard InChI is InChI=1S/C11H19N3O2/c1-11(15-2)4-3-5-14(8-11)10-13-9(6-12)7-16-10/h7H,3-6,8,12H2,1-2H3. The Morgan fingerprint density at radius 3 is 3.12 bits per heavy atom. The Bertz CT molecular complexity index is 353. The number of nitrogens with two attached hydrogens (primary N) is 1. The Morgan fingerprint density at radius 2 is 2.50 bits per heavy atom. The fourth-order valence-corrected chi connectivity index (χ4v) is 2.07. The maximum Gasteiger partial charge on any atom is 0.297 e. The van der Waals surface area contributed by atoms with E-state index in [1.165, 1.54) is 0 Å². The van der Waals surface area contributed by atoms with Gasteiger partial charge in [0.2, 0.25) is 0 Å². The average Bonchev–Trinajstić information content (AvgIpc) is 2.78. The first-order chi connectivity index (χ1) is 7.67. The van der Waals surface area contributed by atoms with Crippen LogP contribution >= 0.6 is 0 Å².